The molecule has 0 aromatic carbocycles. The van der Waals surface area contributed by atoms with Crippen molar-refractivity contribution in [2.75, 3.05) is 28.4 Å². The number of nitrogens with one attached hydrogen (secondary N) is 1. The molecule has 22 nitrogen and oxygen atoms in total. The molecular formula is C26H29BrClN7O15S9. The third-order valence-corrected chi connectivity index (χ3v) is 15.8. The van der Waals surface area contributed by atoms with Crippen LogP contribution in [-0.2, 0) is 53.6 Å². The number of aromatic amines is 1. The molecule has 0 atom stereocenters. The number of esters is 4. The fourth-order valence-corrected chi connectivity index (χ4v) is 9.77. The number of nitrogens with two attached hydrogens (primary N) is 2. The number of methoxy groups -OCH3 is 4. The van der Waals surface area contributed by atoms with E-state index >= 15 is 0 Å². The van der Waals surface area contributed by atoms with E-state index in [1.807, 2.05) is 0 Å². The summed E-state index contributed by atoms with van der Waals surface area (Å²) >= 11 is 12.6. The van der Waals surface area contributed by atoms with Crippen molar-refractivity contribution < 1.29 is 68.5 Å². The first-order valence-electron chi connectivity index (χ1n) is 14.3. The fourth-order valence-electron chi connectivity index (χ4n) is 2.76. The molecule has 0 spiro atoms. The largest absolute Gasteiger partial charge is 0.465 e. The van der Waals surface area contributed by atoms with Crippen molar-refractivity contribution >= 4 is 148 Å². The first kappa shape index (κ1) is 53.8. The number of sulfonamides is 2. The number of carbonyl (C=O) groups is 4. The number of hydrogen-bond donors (Lipinski definition) is 4. The SMILES string of the molecule is CC(C)(O)c1cnc(S(N)(=O)=O)s1.COC(=O)c1c[nH]c(=S)s1.COC(=O)c1cnc(Br)s1.COC(=O)c1cnc(S(=O)(=O)Cl)s1.COC(=O)c1cnc(S(N)(=O)=O)s1. The van der Waals surface area contributed by atoms with E-state index in [1.54, 1.807) is 20.0 Å². The van der Waals surface area contributed by atoms with Crippen LogP contribution in [0.5, 0.6) is 0 Å². The van der Waals surface area contributed by atoms with Crippen LogP contribution in [0.25, 0.3) is 0 Å². The van der Waals surface area contributed by atoms with E-state index in [1.165, 1.54) is 63.5 Å². The maximum absolute atomic E-state index is 10.9. The second-order valence-electron chi connectivity index (χ2n) is 10.0. The van der Waals surface area contributed by atoms with Gasteiger partial charge in [0, 0.05) is 23.1 Å². The zero-order chi connectivity index (χ0) is 45.5. The minimum Gasteiger partial charge on any atom is -0.465 e. The van der Waals surface area contributed by atoms with Crippen LogP contribution in [0.3, 0.4) is 0 Å². The van der Waals surface area contributed by atoms with Crippen molar-refractivity contribution in [3.63, 3.8) is 0 Å². The topological polar surface area (TPSA) is 347 Å². The molecule has 0 amide bonds. The van der Waals surface area contributed by atoms with Crippen molar-refractivity contribution in [2.24, 2.45) is 10.3 Å². The molecule has 0 bridgehead atoms. The normalized spacial score (nSPS) is 11.0. The Morgan fingerprint density at radius 2 is 1.05 bits per heavy atom. The number of ether oxygens (including phenoxy) is 4. The van der Waals surface area contributed by atoms with Crippen molar-refractivity contribution in [2.45, 2.75) is 32.5 Å². The minimum absolute atomic E-state index is 0.0988. The van der Waals surface area contributed by atoms with E-state index in [2.05, 4.69) is 59.8 Å². The molecule has 5 rings (SSSR count). The Morgan fingerprint density at radius 3 is 1.34 bits per heavy atom. The van der Waals surface area contributed by atoms with Gasteiger partial charge in [-0.25, -0.2) is 74.6 Å². The standard InChI is InChI=1S/C6H10N2O3S2.C5H4BrNO2S.C5H4ClNO4S2.C5H6N2O4S2.C5H5NO2S2/c1-6(2,9)4-3-8-5(12-4)13(7,10)11;1-9-4(8)3-2-7-5(6)10-3;2*1-11-4(8)3-2-7-5(12-3)13(6,9)10;1-8-4(7)3-2-6-5(9)10-3/h3,9H,1-2H3,(H2,7,10,11);2H,1H3;2H,1H3;2H,1H3,(H2,6,9,10);2H,1H3,(H,6,9). The second-order valence-corrected chi connectivity index (χ2v) is 23.4. The molecular weight excluding hydrogens is 1050 g/mol. The van der Waals surface area contributed by atoms with Gasteiger partial charge >= 0.3 is 23.9 Å². The lowest BCUT2D eigenvalue weighted by Crippen LogP contribution is -2.13. The molecule has 0 fully saturated rings. The van der Waals surface area contributed by atoms with Crippen LogP contribution in [0.1, 0.15) is 57.4 Å². The third-order valence-electron chi connectivity index (χ3n) is 5.30. The molecule has 59 heavy (non-hydrogen) atoms. The highest BCUT2D eigenvalue weighted by molar-refractivity contribution is 9.11. The first-order chi connectivity index (χ1) is 27.1. The summed E-state index contributed by atoms with van der Waals surface area (Å²) in [4.78, 5) is 62.0. The number of thiazole rings is 5. The van der Waals surface area contributed by atoms with Crippen LogP contribution in [-0.4, -0.2) is 108 Å². The van der Waals surface area contributed by atoms with Gasteiger partial charge in [-0.3, -0.25) is 0 Å². The Kier molecular flexibility index (Phi) is 21.6. The molecule has 0 saturated carbocycles. The highest BCUT2D eigenvalue weighted by Gasteiger charge is 2.23. The molecule has 6 N–H and O–H groups in total. The predicted octanol–water partition coefficient (Wildman–Crippen LogP) is 3.74. The highest BCUT2D eigenvalue weighted by atomic mass is 79.9. The van der Waals surface area contributed by atoms with Gasteiger partial charge in [0.1, 0.15) is 19.5 Å². The van der Waals surface area contributed by atoms with Gasteiger partial charge in [-0.05, 0) is 42.0 Å². The zero-order valence-corrected chi connectivity index (χ0v) is 40.1. The Balaban J connectivity index is 0.000000371. The van der Waals surface area contributed by atoms with Crippen molar-refractivity contribution in [3.8, 4) is 0 Å². The average Bonchev–Trinajstić information content (AvgIpc) is 3.99. The average molecular weight is 1080 g/mol. The number of rotatable bonds is 8. The van der Waals surface area contributed by atoms with Crippen molar-refractivity contribution in [1.29, 1.82) is 0 Å². The number of carbonyl (C=O) groups excluding carboxylic acids is 4. The predicted molar refractivity (Wildman–Crippen MR) is 222 cm³/mol. The summed E-state index contributed by atoms with van der Waals surface area (Å²) in [6.45, 7) is 3.10. The minimum atomic E-state index is -3.85. The van der Waals surface area contributed by atoms with Crippen LogP contribution in [0, 0.1) is 3.95 Å². The highest BCUT2D eigenvalue weighted by Crippen LogP contribution is 2.27. The molecule has 326 valence electrons. The summed E-state index contributed by atoms with van der Waals surface area (Å²) in [5.74, 6) is -1.96. The van der Waals surface area contributed by atoms with E-state index in [4.69, 9.17) is 33.2 Å². The van der Waals surface area contributed by atoms with Crippen molar-refractivity contribution in [3.05, 3.63) is 63.2 Å². The molecule has 0 aliphatic heterocycles. The summed E-state index contributed by atoms with van der Waals surface area (Å²) in [7, 11) is -1.37. The van der Waals surface area contributed by atoms with Gasteiger partial charge in [0.05, 0.1) is 57.5 Å². The smallest absolute Gasteiger partial charge is 0.349 e. The zero-order valence-electron chi connectivity index (χ0n) is 30.4. The molecule has 0 aliphatic rings. The van der Waals surface area contributed by atoms with E-state index in [0.29, 0.717) is 45.2 Å². The second kappa shape index (κ2) is 23.7. The summed E-state index contributed by atoms with van der Waals surface area (Å²) in [6.07, 6.45) is 6.53. The third kappa shape index (κ3) is 18.9. The molecule has 5 aromatic heterocycles. The van der Waals surface area contributed by atoms with Gasteiger partial charge in [-0.2, -0.15) is 0 Å². The Bertz CT molecular complexity index is 2530. The van der Waals surface area contributed by atoms with Crippen LogP contribution in [0.15, 0.2) is 47.9 Å². The van der Waals surface area contributed by atoms with Crippen LogP contribution in [0.4, 0.5) is 0 Å². The lowest BCUT2D eigenvalue weighted by atomic mass is 10.1. The molecule has 0 saturated heterocycles. The Hall–Kier alpha value is -3.25. The van der Waals surface area contributed by atoms with Crippen LogP contribution < -0.4 is 10.3 Å². The molecule has 33 heteroatoms. The quantitative estimate of drug-likeness (QED) is 0.0744. The van der Waals surface area contributed by atoms with Gasteiger partial charge in [-0.15, -0.1) is 22.7 Å². The molecule has 5 heterocycles. The fraction of sp³-hybridized carbons (Fsp3) is 0.269. The molecule has 0 unspecified atom stereocenters. The van der Waals surface area contributed by atoms with Gasteiger partial charge in [0.2, 0.25) is 13.0 Å². The van der Waals surface area contributed by atoms with Gasteiger partial charge < -0.3 is 29.0 Å². The Morgan fingerprint density at radius 1 is 0.678 bits per heavy atom. The van der Waals surface area contributed by atoms with Gasteiger partial charge in [0.15, 0.2) is 7.87 Å². The summed E-state index contributed by atoms with van der Waals surface area (Å²) in [5, 5.41) is 19.1. The molecule has 0 radical (unpaired) electrons. The van der Waals surface area contributed by atoms with E-state index in [-0.39, 0.29) is 34.7 Å². The maximum Gasteiger partial charge on any atom is 0.349 e. The van der Waals surface area contributed by atoms with Gasteiger partial charge in [0.25, 0.3) is 29.1 Å². The number of halogens is 2. The van der Waals surface area contributed by atoms with Crippen LogP contribution in [0.2, 0.25) is 0 Å². The number of hydrogen-bond acceptors (Lipinski definition) is 25. The molecule has 5 aromatic rings. The van der Waals surface area contributed by atoms with E-state index in [0.717, 1.165) is 23.7 Å². The summed E-state index contributed by atoms with van der Waals surface area (Å²) in [5.41, 5.74) is -1.08. The van der Waals surface area contributed by atoms with E-state index < -0.39 is 46.6 Å². The molecule has 0 aliphatic carbocycles. The maximum atomic E-state index is 10.9. The van der Waals surface area contributed by atoms with Crippen LogP contribution >= 0.6 is 95.5 Å². The lowest BCUT2D eigenvalue weighted by Gasteiger charge is -2.12. The summed E-state index contributed by atoms with van der Waals surface area (Å²) in [6, 6.07) is 0. The number of H-pyrrole nitrogens is 1. The van der Waals surface area contributed by atoms with Gasteiger partial charge in [-0.1, -0.05) is 34.0 Å². The monoisotopic (exact) mass is 1080 g/mol. The van der Waals surface area contributed by atoms with E-state index in [9.17, 15) is 49.5 Å². The van der Waals surface area contributed by atoms with Crippen molar-refractivity contribution in [1.82, 2.24) is 24.9 Å². The first-order valence-corrected chi connectivity index (χ1v) is 25.0. The Labute approximate surface area is 373 Å². The lowest BCUT2D eigenvalue weighted by molar-refractivity contribution is 0.0597. The number of aliphatic hydroxyl groups is 1. The summed E-state index contributed by atoms with van der Waals surface area (Å²) < 4.78 is 82.6. The number of aromatic nitrogens is 5. The number of nitrogens with zero attached hydrogens (tertiary/aromatic N) is 4. The number of primary sulfonamides is 2.